The SMILES string of the molecule is CCOC1CCC(C(=O)N[C@@H](CCN2C3CCC2CC2(C3)CN(CC3CCOCC3)C(=O)N2C(C)C)c2ccccc2)CC1. The lowest BCUT2D eigenvalue weighted by molar-refractivity contribution is -0.127. The summed E-state index contributed by atoms with van der Waals surface area (Å²) in [5, 5.41) is 3.49. The third-order valence-corrected chi connectivity index (χ3v) is 11.5. The lowest BCUT2D eigenvalue weighted by Crippen LogP contribution is -2.60. The number of carbonyl (C=O) groups excluding carboxylic acids is 2. The molecule has 0 radical (unpaired) electrons. The van der Waals surface area contributed by atoms with Gasteiger partial charge in [-0.25, -0.2) is 4.79 Å². The van der Waals surface area contributed by atoms with E-state index in [-0.39, 0.29) is 35.5 Å². The van der Waals surface area contributed by atoms with Crippen molar-refractivity contribution in [3.63, 3.8) is 0 Å². The maximum absolute atomic E-state index is 13.8. The van der Waals surface area contributed by atoms with Gasteiger partial charge in [-0.3, -0.25) is 9.69 Å². The number of amides is 3. The van der Waals surface area contributed by atoms with Gasteiger partial charge in [0.2, 0.25) is 5.91 Å². The number of urea groups is 1. The van der Waals surface area contributed by atoms with Gasteiger partial charge in [0, 0.05) is 63.5 Å². The fraction of sp³-hybridized carbons (Fsp3) is 0.778. The first-order chi connectivity index (χ1) is 21.4. The number of benzene rings is 1. The van der Waals surface area contributed by atoms with Gasteiger partial charge in [0.15, 0.2) is 0 Å². The van der Waals surface area contributed by atoms with Gasteiger partial charge in [0.25, 0.3) is 0 Å². The fourth-order valence-corrected chi connectivity index (χ4v) is 9.41. The Hall–Kier alpha value is -2.16. The normalized spacial score (nSPS) is 32.1. The van der Waals surface area contributed by atoms with Gasteiger partial charge in [-0.05, 0) is 103 Å². The largest absolute Gasteiger partial charge is 0.381 e. The summed E-state index contributed by atoms with van der Waals surface area (Å²) in [6.07, 6.45) is 11.6. The first kappa shape index (κ1) is 31.8. The van der Waals surface area contributed by atoms with Crippen LogP contribution in [0.5, 0.6) is 0 Å². The molecule has 4 aliphatic heterocycles. The van der Waals surface area contributed by atoms with Crippen LogP contribution in [0, 0.1) is 11.8 Å². The highest BCUT2D eigenvalue weighted by atomic mass is 16.5. The van der Waals surface area contributed by atoms with Crippen molar-refractivity contribution in [1.82, 2.24) is 20.0 Å². The molecule has 244 valence electrons. The zero-order valence-electron chi connectivity index (χ0n) is 27.4. The molecular formula is C36H56N4O4. The smallest absolute Gasteiger partial charge is 0.320 e. The highest BCUT2D eigenvalue weighted by Gasteiger charge is 2.57. The van der Waals surface area contributed by atoms with Crippen LogP contribution in [0.15, 0.2) is 30.3 Å². The van der Waals surface area contributed by atoms with Gasteiger partial charge in [-0.2, -0.15) is 0 Å². The summed E-state index contributed by atoms with van der Waals surface area (Å²) >= 11 is 0. The predicted octanol–water partition coefficient (Wildman–Crippen LogP) is 5.77. The molecule has 44 heavy (non-hydrogen) atoms. The Morgan fingerprint density at radius 1 is 1.00 bits per heavy atom. The number of hydrogen-bond acceptors (Lipinski definition) is 5. The quantitative estimate of drug-likeness (QED) is 0.346. The molecule has 5 fully saturated rings. The number of nitrogens with zero attached hydrogens (tertiary/aromatic N) is 3. The van der Waals surface area contributed by atoms with Crippen LogP contribution in [0.25, 0.3) is 0 Å². The summed E-state index contributed by atoms with van der Waals surface area (Å²) < 4.78 is 11.4. The number of rotatable bonds is 11. The van der Waals surface area contributed by atoms with E-state index in [2.05, 4.69) is 64.2 Å². The first-order valence-corrected chi connectivity index (χ1v) is 17.8. The van der Waals surface area contributed by atoms with E-state index in [1.807, 2.05) is 6.92 Å². The number of ether oxygens (including phenoxy) is 2. The molecule has 2 unspecified atom stereocenters. The van der Waals surface area contributed by atoms with E-state index in [9.17, 15) is 9.59 Å². The van der Waals surface area contributed by atoms with Crippen LogP contribution in [0.3, 0.4) is 0 Å². The van der Waals surface area contributed by atoms with Crippen molar-refractivity contribution in [3.05, 3.63) is 35.9 Å². The van der Waals surface area contributed by atoms with Crippen LogP contribution < -0.4 is 5.32 Å². The molecule has 4 saturated heterocycles. The van der Waals surface area contributed by atoms with Gasteiger partial charge in [-0.1, -0.05) is 30.3 Å². The molecule has 1 spiro atoms. The highest BCUT2D eigenvalue weighted by Crippen LogP contribution is 2.48. The van der Waals surface area contributed by atoms with Crippen molar-refractivity contribution in [2.45, 2.75) is 127 Å². The topological polar surface area (TPSA) is 74.4 Å². The second-order valence-corrected chi connectivity index (χ2v) is 14.6. The monoisotopic (exact) mass is 608 g/mol. The second kappa shape index (κ2) is 14.1. The van der Waals surface area contributed by atoms with E-state index in [1.54, 1.807) is 0 Å². The maximum Gasteiger partial charge on any atom is 0.320 e. The summed E-state index contributed by atoms with van der Waals surface area (Å²) in [5.41, 5.74) is 1.13. The predicted molar refractivity (Wildman–Crippen MR) is 172 cm³/mol. The summed E-state index contributed by atoms with van der Waals surface area (Å²) in [7, 11) is 0. The highest BCUT2D eigenvalue weighted by molar-refractivity contribution is 5.79. The van der Waals surface area contributed by atoms with E-state index in [1.165, 1.54) is 18.4 Å². The molecule has 8 heteroatoms. The Morgan fingerprint density at radius 2 is 1.68 bits per heavy atom. The average molecular weight is 609 g/mol. The van der Waals surface area contributed by atoms with Gasteiger partial charge in [0.1, 0.15) is 0 Å². The van der Waals surface area contributed by atoms with Gasteiger partial charge >= 0.3 is 6.03 Å². The van der Waals surface area contributed by atoms with E-state index in [0.717, 1.165) is 97.2 Å². The van der Waals surface area contributed by atoms with Crippen molar-refractivity contribution in [1.29, 1.82) is 0 Å². The van der Waals surface area contributed by atoms with Crippen molar-refractivity contribution >= 4 is 11.9 Å². The van der Waals surface area contributed by atoms with Crippen molar-refractivity contribution in [2.24, 2.45) is 11.8 Å². The summed E-state index contributed by atoms with van der Waals surface area (Å²) in [5.74, 6) is 0.837. The standard InChI is InChI=1S/C36H56N4O4/c1-4-44-32-14-10-29(11-15-32)34(41)37-33(28-8-6-5-7-9-28)16-19-39-30-12-13-31(39)23-36(22-30)25-38(35(42)40(36)26(2)3)24-27-17-20-43-21-18-27/h5-9,26-27,29-33H,4,10-25H2,1-3H3,(H,37,41)/t29?,30?,31?,32?,33-,36?/m0/s1. The summed E-state index contributed by atoms with van der Waals surface area (Å²) in [6, 6.07) is 12.0. The van der Waals surface area contributed by atoms with E-state index >= 15 is 0 Å². The van der Waals surface area contributed by atoms with Crippen LogP contribution >= 0.6 is 0 Å². The molecule has 3 atom stereocenters. The zero-order chi connectivity index (χ0) is 30.7. The number of hydrogen-bond donors (Lipinski definition) is 1. The molecule has 1 aromatic carbocycles. The van der Waals surface area contributed by atoms with Crippen LogP contribution in [-0.2, 0) is 14.3 Å². The molecule has 1 aliphatic carbocycles. The molecule has 2 bridgehead atoms. The van der Waals surface area contributed by atoms with Crippen LogP contribution in [0.4, 0.5) is 4.79 Å². The zero-order valence-corrected chi connectivity index (χ0v) is 27.4. The van der Waals surface area contributed by atoms with Crippen LogP contribution in [-0.4, -0.2) is 95.9 Å². The van der Waals surface area contributed by atoms with Gasteiger partial charge in [-0.15, -0.1) is 0 Å². The average Bonchev–Trinajstić information content (AvgIpc) is 3.44. The Morgan fingerprint density at radius 3 is 2.32 bits per heavy atom. The van der Waals surface area contributed by atoms with Gasteiger partial charge in [0.05, 0.1) is 17.7 Å². The molecule has 1 aromatic rings. The number of piperidine rings is 1. The first-order valence-electron chi connectivity index (χ1n) is 17.8. The number of carbonyl (C=O) groups is 2. The Labute approximate surface area is 265 Å². The number of fused-ring (bicyclic) bond motifs is 2. The third-order valence-electron chi connectivity index (χ3n) is 11.5. The van der Waals surface area contributed by atoms with Crippen LogP contribution in [0.2, 0.25) is 0 Å². The van der Waals surface area contributed by atoms with E-state index in [4.69, 9.17) is 9.47 Å². The lowest BCUT2D eigenvalue weighted by atomic mass is 9.81. The summed E-state index contributed by atoms with van der Waals surface area (Å²) in [4.78, 5) is 34.5. The minimum absolute atomic E-state index is 0.0128. The Bertz CT molecular complexity index is 1090. The maximum atomic E-state index is 13.8. The van der Waals surface area contributed by atoms with Crippen LogP contribution in [0.1, 0.15) is 103 Å². The molecule has 1 saturated carbocycles. The van der Waals surface area contributed by atoms with E-state index in [0.29, 0.717) is 24.1 Å². The molecule has 3 amide bonds. The number of nitrogens with one attached hydrogen (secondary N) is 1. The third kappa shape index (κ3) is 6.82. The molecular weight excluding hydrogens is 552 g/mol. The molecule has 8 nitrogen and oxygen atoms in total. The summed E-state index contributed by atoms with van der Waals surface area (Å²) in [6.45, 7) is 11.6. The second-order valence-electron chi connectivity index (χ2n) is 14.6. The lowest BCUT2D eigenvalue weighted by Gasteiger charge is -2.49. The molecule has 4 heterocycles. The Kier molecular flexibility index (Phi) is 10.2. The molecule has 6 rings (SSSR count). The van der Waals surface area contributed by atoms with Crippen molar-refractivity contribution in [3.8, 4) is 0 Å². The minimum atomic E-state index is -0.0634. The molecule has 1 N–H and O–H groups in total. The van der Waals surface area contributed by atoms with E-state index < -0.39 is 0 Å². The Balaban J connectivity index is 1.10. The molecule has 5 aliphatic rings. The molecule has 0 aromatic heterocycles. The van der Waals surface area contributed by atoms with Gasteiger partial charge < -0.3 is 24.6 Å². The minimum Gasteiger partial charge on any atom is -0.381 e. The fourth-order valence-electron chi connectivity index (χ4n) is 9.41. The van der Waals surface area contributed by atoms with Crippen molar-refractivity contribution < 1.29 is 19.1 Å². The van der Waals surface area contributed by atoms with Crippen molar-refractivity contribution in [2.75, 3.05) is 39.5 Å².